The van der Waals surface area contributed by atoms with E-state index in [0.29, 0.717) is 55.6 Å². The molecule has 6 heterocycles. The SMILES string of the molecule is CNC(=O)c1ccn2c(C(=O)N3CCC(c4ccccc4C(F)(F)F)CC3)nnc2c1.O=C(O)c1ccc2nnc(C(=O)N3CCC(c4ccccc4C(F)(F)F)CC3)n2c1. The highest BCUT2D eigenvalue weighted by Gasteiger charge is 2.38. The van der Waals surface area contributed by atoms with E-state index < -0.39 is 35.4 Å². The number of amides is 3. The van der Waals surface area contributed by atoms with Crippen LogP contribution in [0.2, 0.25) is 0 Å². The van der Waals surface area contributed by atoms with Gasteiger partial charge in [-0.3, -0.25) is 23.2 Å². The standard InChI is InChI=1S/C21H20F3N5O2.C20H17F3N4O3/c1-25-19(30)14-8-11-29-17(12-14)26-27-18(29)20(31)28-9-6-13(7-10-28)15-4-2-3-5-16(15)21(22,23)24;21-20(22,23)15-4-2-1-3-14(15)12-7-9-26(10-8-12)18(28)17-25-24-16-6-5-13(19(29)30)11-27(16)17/h2-5,8,11-13H,6-7,9-10H2,1H3,(H,25,30);1-6,11-12H,7-10H2,(H,29,30). The van der Waals surface area contributed by atoms with Gasteiger partial charge < -0.3 is 20.2 Å². The van der Waals surface area contributed by atoms with Gasteiger partial charge >= 0.3 is 18.3 Å². The summed E-state index contributed by atoms with van der Waals surface area (Å²) in [5, 5.41) is 27.4. The summed E-state index contributed by atoms with van der Waals surface area (Å²) in [5.41, 5.74) is 0.336. The maximum atomic E-state index is 13.3. The summed E-state index contributed by atoms with van der Waals surface area (Å²) >= 11 is 0. The van der Waals surface area contributed by atoms with Gasteiger partial charge in [0, 0.05) is 51.2 Å². The lowest BCUT2D eigenvalue weighted by Crippen LogP contribution is -2.39. The molecule has 2 fully saturated rings. The number of carboxylic acids is 1. The average Bonchev–Trinajstić information content (AvgIpc) is 3.89. The molecule has 2 aliphatic heterocycles. The monoisotopic (exact) mass is 849 g/mol. The number of hydrogen-bond donors (Lipinski definition) is 2. The average molecular weight is 850 g/mol. The highest BCUT2D eigenvalue weighted by atomic mass is 19.4. The predicted octanol–water partition coefficient (Wildman–Crippen LogP) is 6.59. The van der Waals surface area contributed by atoms with Gasteiger partial charge in [-0.15, -0.1) is 20.4 Å². The van der Waals surface area contributed by atoms with Gasteiger partial charge in [-0.1, -0.05) is 36.4 Å². The van der Waals surface area contributed by atoms with Crippen molar-refractivity contribution in [3.8, 4) is 0 Å². The molecule has 0 spiro atoms. The number of fused-ring (bicyclic) bond motifs is 2. The number of carbonyl (C=O) groups excluding carboxylic acids is 3. The molecule has 14 nitrogen and oxygen atoms in total. The van der Waals surface area contributed by atoms with Crippen molar-refractivity contribution in [2.45, 2.75) is 49.9 Å². The fraction of sp³-hybridized carbons (Fsp3) is 0.317. The second kappa shape index (κ2) is 17.0. The Bertz CT molecular complexity index is 2610. The van der Waals surface area contributed by atoms with Crippen LogP contribution in [0.15, 0.2) is 85.2 Å². The lowest BCUT2D eigenvalue weighted by Gasteiger charge is -2.32. The number of piperidine rings is 2. The van der Waals surface area contributed by atoms with Crippen LogP contribution < -0.4 is 5.32 Å². The van der Waals surface area contributed by atoms with E-state index in [-0.39, 0.29) is 65.1 Å². The van der Waals surface area contributed by atoms with Crippen LogP contribution in [0.25, 0.3) is 11.3 Å². The predicted molar refractivity (Wildman–Crippen MR) is 205 cm³/mol. The van der Waals surface area contributed by atoms with E-state index in [1.165, 1.54) is 69.4 Å². The van der Waals surface area contributed by atoms with E-state index >= 15 is 0 Å². The first kappa shape index (κ1) is 42.3. The molecule has 318 valence electrons. The van der Waals surface area contributed by atoms with Gasteiger partial charge in [-0.2, -0.15) is 26.3 Å². The first-order valence-corrected chi connectivity index (χ1v) is 19.1. The van der Waals surface area contributed by atoms with Crippen LogP contribution in [-0.4, -0.2) is 101 Å². The Hall–Kier alpha value is -6.86. The second-order valence-corrected chi connectivity index (χ2v) is 14.5. The molecule has 2 aromatic carbocycles. The minimum absolute atomic E-state index is 0.0150. The molecule has 8 rings (SSSR count). The summed E-state index contributed by atoms with van der Waals surface area (Å²) in [4.78, 5) is 51.9. The number of aromatic carboxylic acids is 1. The second-order valence-electron chi connectivity index (χ2n) is 14.5. The number of alkyl halides is 6. The molecule has 0 radical (unpaired) electrons. The van der Waals surface area contributed by atoms with Crippen molar-refractivity contribution in [2.75, 3.05) is 33.2 Å². The van der Waals surface area contributed by atoms with Gasteiger partial charge in [0.2, 0.25) is 11.6 Å². The van der Waals surface area contributed by atoms with Gasteiger partial charge in [0.05, 0.1) is 16.7 Å². The lowest BCUT2D eigenvalue weighted by molar-refractivity contribution is -0.139. The number of benzene rings is 2. The fourth-order valence-electron chi connectivity index (χ4n) is 7.78. The summed E-state index contributed by atoms with van der Waals surface area (Å²) in [6.45, 7) is 1.17. The Morgan fingerprint density at radius 3 is 1.57 bits per heavy atom. The number of aromatic nitrogens is 6. The summed E-state index contributed by atoms with van der Waals surface area (Å²) in [6.07, 6.45) is -4.38. The molecule has 61 heavy (non-hydrogen) atoms. The minimum atomic E-state index is -4.42. The van der Waals surface area contributed by atoms with E-state index in [1.807, 2.05) is 0 Å². The van der Waals surface area contributed by atoms with Crippen molar-refractivity contribution in [2.24, 2.45) is 0 Å². The lowest BCUT2D eigenvalue weighted by atomic mass is 9.86. The summed E-state index contributed by atoms with van der Waals surface area (Å²) in [6, 6.07) is 17.0. The number of pyridine rings is 2. The molecule has 2 N–H and O–H groups in total. The first-order chi connectivity index (χ1) is 29.0. The van der Waals surface area contributed by atoms with Crippen molar-refractivity contribution >= 4 is 35.0 Å². The van der Waals surface area contributed by atoms with Crippen LogP contribution in [0.3, 0.4) is 0 Å². The molecule has 0 unspecified atom stereocenters. The maximum absolute atomic E-state index is 13.3. The van der Waals surface area contributed by atoms with Gasteiger partial charge in [0.15, 0.2) is 11.3 Å². The van der Waals surface area contributed by atoms with E-state index in [0.717, 1.165) is 12.1 Å². The van der Waals surface area contributed by atoms with E-state index in [4.69, 9.17) is 5.11 Å². The molecule has 20 heteroatoms. The third kappa shape index (κ3) is 8.87. The number of hydrogen-bond acceptors (Lipinski definition) is 8. The molecule has 6 aromatic rings. The molecule has 0 bridgehead atoms. The van der Waals surface area contributed by atoms with Crippen molar-refractivity contribution < 1.29 is 50.6 Å². The van der Waals surface area contributed by atoms with Crippen LogP contribution in [0, 0.1) is 0 Å². The first-order valence-electron chi connectivity index (χ1n) is 19.1. The third-order valence-corrected chi connectivity index (χ3v) is 10.9. The van der Waals surface area contributed by atoms with E-state index in [2.05, 4.69) is 25.7 Å². The Kier molecular flexibility index (Phi) is 11.8. The number of rotatable bonds is 6. The van der Waals surface area contributed by atoms with Crippen LogP contribution in [0.1, 0.15) is 102 Å². The molecule has 0 saturated carbocycles. The Morgan fingerprint density at radius 2 is 1.10 bits per heavy atom. The molecule has 3 amide bonds. The third-order valence-electron chi connectivity index (χ3n) is 10.9. The van der Waals surface area contributed by atoms with Crippen molar-refractivity contribution in [1.82, 2.24) is 44.3 Å². The summed E-state index contributed by atoms with van der Waals surface area (Å²) in [7, 11) is 1.52. The van der Waals surface area contributed by atoms with Gasteiger partial charge in [-0.05, 0) is 85.0 Å². The van der Waals surface area contributed by atoms with Crippen LogP contribution in [-0.2, 0) is 12.4 Å². The number of likely N-dealkylation sites (tertiary alicyclic amines) is 2. The Labute approximate surface area is 342 Å². The minimum Gasteiger partial charge on any atom is -0.478 e. The summed E-state index contributed by atoms with van der Waals surface area (Å²) < 4.78 is 82.7. The molecular weight excluding hydrogens is 812 g/mol. The van der Waals surface area contributed by atoms with Crippen LogP contribution in [0.5, 0.6) is 0 Å². The van der Waals surface area contributed by atoms with E-state index in [1.54, 1.807) is 29.3 Å². The number of nitrogens with zero attached hydrogens (tertiary/aromatic N) is 8. The van der Waals surface area contributed by atoms with Crippen LogP contribution in [0.4, 0.5) is 26.3 Å². The largest absolute Gasteiger partial charge is 0.478 e. The molecule has 0 aliphatic carbocycles. The van der Waals surface area contributed by atoms with Gasteiger partial charge in [0.25, 0.3) is 17.7 Å². The number of carbonyl (C=O) groups is 4. The topological polar surface area (TPSA) is 167 Å². The zero-order valence-corrected chi connectivity index (χ0v) is 32.3. The highest BCUT2D eigenvalue weighted by molar-refractivity contribution is 5.96. The molecule has 2 aliphatic rings. The Balaban J connectivity index is 0.000000184. The number of carboxylic acid groups (broad SMARTS) is 1. The summed E-state index contributed by atoms with van der Waals surface area (Å²) in [5.74, 6) is -2.70. The van der Waals surface area contributed by atoms with Crippen LogP contribution >= 0.6 is 0 Å². The Morgan fingerprint density at radius 1 is 0.623 bits per heavy atom. The molecular formula is C41H37F6N9O5. The van der Waals surface area contributed by atoms with E-state index in [9.17, 15) is 45.5 Å². The highest BCUT2D eigenvalue weighted by Crippen LogP contribution is 2.40. The number of halogens is 6. The molecule has 4 aromatic heterocycles. The van der Waals surface area contributed by atoms with Gasteiger partial charge in [-0.25, -0.2) is 4.79 Å². The molecule has 2 saturated heterocycles. The smallest absolute Gasteiger partial charge is 0.416 e. The zero-order chi connectivity index (χ0) is 43.6. The zero-order valence-electron chi connectivity index (χ0n) is 32.3. The molecule has 0 atom stereocenters. The number of nitrogens with one attached hydrogen (secondary N) is 1. The van der Waals surface area contributed by atoms with Crippen molar-refractivity contribution in [3.63, 3.8) is 0 Å². The van der Waals surface area contributed by atoms with Crippen molar-refractivity contribution in [3.05, 3.63) is 130 Å². The maximum Gasteiger partial charge on any atom is 0.416 e. The normalized spacial score (nSPS) is 15.4. The van der Waals surface area contributed by atoms with Crippen molar-refractivity contribution in [1.29, 1.82) is 0 Å². The fourth-order valence-corrected chi connectivity index (χ4v) is 7.78. The van der Waals surface area contributed by atoms with Gasteiger partial charge in [0.1, 0.15) is 0 Å². The quantitative estimate of drug-likeness (QED) is 0.176.